The Morgan fingerprint density at radius 2 is 2.18 bits per heavy atom. The van der Waals surface area contributed by atoms with Crippen LogP contribution in [0.2, 0.25) is 0 Å². The van der Waals surface area contributed by atoms with Crippen molar-refractivity contribution in [2.75, 3.05) is 26.2 Å². The van der Waals surface area contributed by atoms with Gasteiger partial charge in [-0.05, 0) is 25.2 Å². The highest BCUT2D eigenvalue weighted by Crippen LogP contribution is 2.49. The number of rotatable bonds is 4. The van der Waals surface area contributed by atoms with Crippen LogP contribution in [0.25, 0.3) is 0 Å². The standard InChI is InChI=1S/C17H28N2O3/c1-12(2)9-18-10-13(8-15(18)21)16(22)19-7-6-17(11-20)5-3-4-14(17)19/h12-14,20H,3-11H2,1-2H3/t13?,14-,17-/m1/s1. The zero-order valence-electron chi connectivity index (χ0n) is 13.8. The van der Waals surface area contributed by atoms with E-state index in [2.05, 4.69) is 13.8 Å². The Labute approximate surface area is 132 Å². The van der Waals surface area contributed by atoms with Crippen LogP contribution in [0, 0.1) is 17.3 Å². The fraction of sp³-hybridized carbons (Fsp3) is 0.882. The minimum absolute atomic E-state index is 0.0596. The van der Waals surface area contributed by atoms with Crippen molar-refractivity contribution >= 4 is 11.8 Å². The molecular formula is C17H28N2O3. The van der Waals surface area contributed by atoms with E-state index in [1.807, 2.05) is 9.80 Å². The van der Waals surface area contributed by atoms with Crippen molar-refractivity contribution < 1.29 is 14.7 Å². The number of carbonyl (C=O) groups excluding carboxylic acids is 2. The maximum absolute atomic E-state index is 12.9. The first-order valence-corrected chi connectivity index (χ1v) is 8.66. The fourth-order valence-electron chi connectivity index (χ4n) is 4.71. The predicted molar refractivity (Wildman–Crippen MR) is 83.0 cm³/mol. The minimum atomic E-state index is -0.179. The Balaban J connectivity index is 1.67. The molecule has 124 valence electrons. The lowest BCUT2D eigenvalue weighted by Crippen LogP contribution is -2.44. The van der Waals surface area contributed by atoms with Gasteiger partial charge in [-0.3, -0.25) is 9.59 Å². The number of aliphatic hydroxyl groups is 1. The summed E-state index contributed by atoms with van der Waals surface area (Å²) < 4.78 is 0. The van der Waals surface area contributed by atoms with Crippen LogP contribution < -0.4 is 0 Å². The Hall–Kier alpha value is -1.10. The number of carbonyl (C=O) groups is 2. The first-order valence-electron chi connectivity index (χ1n) is 8.66. The molecule has 2 amide bonds. The average molecular weight is 308 g/mol. The lowest BCUT2D eigenvalue weighted by atomic mass is 9.83. The van der Waals surface area contributed by atoms with Crippen LogP contribution in [0.3, 0.4) is 0 Å². The molecule has 1 saturated carbocycles. The molecule has 0 aromatic carbocycles. The molecule has 5 nitrogen and oxygen atoms in total. The SMILES string of the molecule is CC(C)CN1CC(C(=O)N2CC[C@@]3(CO)CCC[C@@H]23)CC1=O. The van der Waals surface area contributed by atoms with Gasteiger partial charge in [-0.15, -0.1) is 0 Å². The van der Waals surface area contributed by atoms with Crippen molar-refractivity contribution in [1.82, 2.24) is 9.80 Å². The zero-order chi connectivity index (χ0) is 15.9. The first-order chi connectivity index (χ1) is 10.5. The van der Waals surface area contributed by atoms with E-state index < -0.39 is 0 Å². The largest absolute Gasteiger partial charge is 0.396 e. The van der Waals surface area contributed by atoms with Crippen LogP contribution >= 0.6 is 0 Å². The van der Waals surface area contributed by atoms with Gasteiger partial charge in [-0.25, -0.2) is 0 Å². The highest BCUT2D eigenvalue weighted by Gasteiger charge is 2.52. The van der Waals surface area contributed by atoms with Crippen LogP contribution in [-0.4, -0.2) is 59.0 Å². The van der Waals surface area contributed by atoms with E-state index in [1.54, 1.807) is 0 Å². The summed E-state index contributed by atoms with van der Waals surface area (Å²) in [6.45, 7) is 6.44. The quantitative estimate of drug-likeness (QED) is 0.850. The molecule has 2 saturated heterocycles. The summed E-state index contributed by atoms with van der Waals surface area (Å²) in [5, 5.41) is 9.77. The molecule has 1 unspecified atom stereocenters. The lowest BCUT2D eigenvalue weighted by Gasteiger charge is -2.32. The van der Waals surface area contributed by atoms with Crippen molar-refractivity contribution in [3.63, 3.8) is 0 Å². The number of likely N-dealkylation sites (tertiary alicyclic amines) is 2. The van der Waals surface area contributed by atoms with Crippen molar-refractivity contribution in [3.8, 4) is 0 Å². The summed E-state index contributed by atoms with van der Waals surface area (Å²) in [6.07, 6.45) is 4.40. The molecule has 1 aliphatic carbocycles. The van der Waals surface area contributed by atoms with Crippen LogP contribution in [0.15, 0.2) is 0 Å². The third-order valence-corrected chi connectivity index (χ3v) is 5.83. The van der Waals surface area contributed by atoms with Crippen molar-refractivity contribution in [2.24, 2.45) is 17.3 Å². The Morgan fingerprint density at radius 1 is 1.41 bits per heavy atom. The first kappa shape index (κ1) is 15.8. The summed E-state index contributed by atoms with van der Waals surface area (Å²) in [6, 6.07) is 0.194. The molecule has 0 bridgehead atoms. The summed E-state index contributed by atoms with van der Waals surface area (Å²) in [7, 11) is 0. The molecule has 3 rings (SSSR count). The molecule has 3 aliphatic rings. The van der Waals surface area contributed by atoms with Gasteiger partial charge in [0.05, 0.1) is 12.5 Å². The average Bonchev–Trinajstić information content (AvgIpc) is 3.11. The number of aliphatic hydroxyl groups excluding tert-OH is 1. The summed E-state index contributed by atoms with van der Waals surface area (Å²) in [4.78, 5) is 28.8. The van der Waals surface area contributed by atoms with E-state index in [1.165, 1.54) is 0 Å². The zero-order valence-corrected chi connectivity index (χ0v) is 13.8. The van der Waals surface area contributed by atoms with Crippen molar-refractivity contribution in [2.45, 2.75) is 52.0 Å². The highest BCUT2D eigenvalue weighted by atomic mass is 16.3. The smallest absolute Gasteiger partial charge is 0.228 e. The summed E-state index contributed by atoms with van der Waals surface area (Å²) in [5.41, 5.74) is -0.0596. The predicted octanol–water partition coefficient (Wildman–Crippen LogP) is 1.25. The molecule has 2 aliphatic heterocycles. The molecule has 22 heavy (non-hydrogen) atoms. The Kier molecular flexibility index (Phi) is 4.19. The lowest BCUT2D eigenvalue weighted by molar-refractivity contribution is -0.137. The van der Waals surface area contributed by atoms with E-state index in [9.17, 15) is 14.7 Å². The van der Waals surface area contributed by atoms with Crippen molar-refractivity contribution in [1.29, 1.82) is 0 Å². The number of hydrogen-bond donors (Lipinski definition) is 1. The van der Waals surface area contributed by atoms with Gasteiger partial charge in [0.15, 0.2) is 0 Å². The molecule has 0 radical (unpaired) electrons. The van der Waals surface area contributed by atoms with E-state index in [-0.39, 0.29) is 35.8 Å². The van der Waals surface area contributed by atoms with E-state index in [4.69, 9.17) is 0 Å². The molecule has 0 spiro atoms. The molecule has 1 N–H and O–H groups in total. The van der Waals surface area contributed by atoms with Crippen LogP contribution in [0.1, 0.15) is 46.0 Å². The van der Waals surface area contributed by atoms with Gasteiger partial charge in [-0.1, -0.05) is 20.3 Å². The van der Waals surface area contributed by atoms with E-state index in [0.29, 0.717) is 18.9 Å². The number of nitrogens with zero attached hydrogens (tertiary/aromatic N) is 2. The third kappa shape index (κ3) is 2.53. The molecule has 0 aromatic rings. The van der Waals surface area contributed by atoms with Gasteiger partial charge in [0.2, 0.25) is 11.8 Å². The van der Waals surface area contributed by atoms with Gasteiger partial charge in [0, 0.05) is 37.5 Å². The second-order valence-electron chi connectivity index (χ2n) is 7.80. The fourth-order valence-corrected chi connectivity index (χ4v) is 4.71. The molecule has 5 heteroatoms. The topological polar surface area (TPSA) is 60.9 Å². The molecule has 3 atom stereocenters. The minimum Gasteiger partial charge on any atom is -0.396 e. The van der Waals surface area contributed by atoms with Gasteiger partial charge in [-0.2, -0.15) is 0 Å². The Morgan fingerprint density at radius 3 is 2.86 bits per heavy atom. The third-order valence-electron chi connectivity index (χ3n) is 5.83. The number of fused-ring (bicyclic) bond motifs is 1. The van der Waals surface area contributed by atoms with E-state index in [0.717, 1.165) is 38.8 Å². The van der Waals surface area contributed by atoms with Crippen LogP contribution in [0.4, 0.5) is 0 Å². The normalized spacial score (nSPS) is 34.8. The molecular weight excluding hydrogens is 280 g/mol. The summed E-state index contributed by atoms with van der Waals surface area (Å²) >= 11 is 0. The number of amides is 2. The molecule has 0 aromatic heterocycles. The number of hydrogen-bond acceptors (Lipinski definition) is 3. The van der Waals surface area contributed by atoms with Gasteiger partial charge < -0.3 is 14.9 Å². The van der Waals surface area contributed by atoms with Crippen LogP contribution in [-0.2, 0) is 9.59 Å². The maximum Gasteiger partial charge on any atom is 0.228 e. The van der Waals surface area contributed by atoms with Crippen LogP contribution in [0.5, 0.6) is 0 Å². The highest BCUT2D eigenvalue weighted by molar-refractivity contribution is 5.89. The van der Waals surface area contributed by atoms with Gasteiger partial charge in [0.1, 0.15) is 0 Å². The maximum atomic E-state index is 12.9. The van der Waals surface area contributed by atoms with Crippen molar-refractivity contribution in [3.05, 3.63) is 0 Å². The van der Waals surface area contributed by atoms with Gasteiger partial charge >= 0.3 is 0 Å². The van der Waals surface area contributed by atoms with Gasteiger partial charge in [0.25, 0.3) is 0 Å². The molecule has 2 heterocycles. The Bertz CT molecular complexity index is 465. The second-order valence-corrected chi connectivity index (χ2v) is 7.80. The monoisotopic (exact) mass is 308 g/mol. The summed E-state index contributed by atoms with van der Waals surface area (Å²) in [5.74, 6) is 0.510. The van der Waals surface area contributed by atoms with E-state index >= 15 is 0 Å². The second kappa shape index (κ2) is 5.84. The molecule has 3 fully saturated rings.